The van der Waals surface area contributed by atoms with Gasteiger partial charge in [-0.15, -0.1) is 0 Å². The number of rotatable bonds is 6. The molecule has 2 aliphatic heterocycles. The topological polar surface area (TPSA) is 69.9 Å². The fourth-order valence-electron chi connectivity index (χ4n) is 3.89. The monoisotopic (exact) mass is 362 g/mol. The van der Waals surface area contributed by atoms with Crippen LogP contribution in [0.1, 0.15) is 42.6 Å². The first-order valence-corrected chi connectivity index (χ1v) is 9.36. The van der Waals surface area contributed by atoms with Crippen molar-refractivity contribution in [2.75, 3.05) is 37.6 Å². The Bertz CT molecular complexity index is 701. The zero-order valence-corrected chi connectivity index (χ0v) is 15.5. The van der Waals surface area contributed by atoms with Gasteiger partial charge in [-0.25, -0.2) is 4.39 Å². The molecule has 0 spiro atoms. The van der Waals surface area contributed by atoms with E-state index in [1.807, 2.05) is 11.8 Å². The number of carbonyl (C=O) groups excluding carboxylic acids is 2. The second-order valence-electron chi connectivity index (χ2n) is 6.99. The van der Waals surface area contributed by atoms with Gasteiger partial charge in [0.25, 0.3) is 5.91 Å². The molecule has 0 radical (unpaired) electrons. The lowest BCUT2D eigenvalue weighted by atomic mass is 10.1. The first-order valence-electron chi connectivity index (χ1n) is 9.36. The number of anilines is 1. The molecule has 0 bridgehead atoms. The predicted molar refractivity (Wildman–Crippen MR) is 98.5 cm³/mol. The van der Waals surface area contributed by atoms with Gasteiger partial charge in [-0.05, 0) is 25.1 Å². The highest BCUT2D eigenvalue weighted by Crippen LogP contribution is 2.33. The summed E-state index contributed by atoms with van der Waals surface area (Å²) in [4.78, 5) is 30.2. The smallest absolute Gasteiger partial charge is 0.255 e. The van der Waals surface area contributed by atoms with Crippen LogP contribution in [0.3, 0.4) is 0 Å². The lowest BCUT2D eigenvalue weighted by molar-refractivity contribution is -0.122. The number of hydrogen-bond acceptors (Lipinski definition) is 4. The van der Waals surface area contributed by atoms with E-state index >= 15 is 4.39 Å². The van der Waals surface area contributed by atoms with Crippen molar-refractivity contribution in [3.8, 4) is 0 Å². The van der Waals surface area contributed by atoms with Gasteiger partial charge in [-0.2, -0.15) is 0 Å². The van der Waals surface area contributed by atoms with E-state index in [1.54, 1.807) is 12.1 Å². The molecule has 26 heavy (non-hydrogen) atoms. The second kappa shape index (κ2) is 7.61. The SMILES string of the molecule is CCCC(C(N)=O)N1Cc2c(ccc(N3CCN(CC)CC3)c2F)C1=O. The average molecular weight is 362 g/mol. The summed E-state index contributed by atoms with van der Waals surface area (Å²) < 4.78 is 15.2. The third kappa shape index (κ3) is 3.28. The van der Waals surface area contributed by atoms with Crippen LogP contribution in [-0.4, -0.2) is 60.4 Å². The van der Waals surface area contributed by atoms with Crippen LogP contribution < -0.4 is 10.6 Å². The van der Waals surface area contributed by atoms with Crippen LogP contribution in [0.15, 0.2) is 12.1 Å². The van der Waals surface area contributed by atoms with Crippen LogP contribution in [0.4, 0.5) is 10.1 Å². The van der Waals surface area contributed by atoms with Crippen molar-refractivity contribution in [1.82, 2.24) is 9.80 Å². The van der Waals surface area contributed by atoms with Crippen molar-refractivity contribution >= 4 is 17.5 Å². The minimum atomic E-state index is -0.684. The van der Waals surface area contributed by atoms with E-state index in [0.717, 1.165) is 39.1 Å². The number of likely N-dealkylation sites (N-methyl/N-ethyl adjacent to an activating group) is 1. The van der Waals surface area contributed by atoms with E-state index in [1.165, 1.54) is 4.90 Å². The van der Waals surface area contributed by atoms with Gasteiger partial charge in [0.1, 0.15) is 6.04 Å². The standard InChI is InChI=1S/C19H27FN4O2/c1-3-5-16(18(21)25)24-12-14-13(19(24)26)6-7-15(17(14)20)23-10-8-22(4-2)9-11-23/h6-7,16H,3-5,8-12H2,1-2H3,(H2,21,25). The van der Waals surface area contributed by atoms with Crippen molar-refractivity contribution in [3.05, 3.63) is 29.1 Å². The Labute approximate surface area is 153 Å². The van der Waals surface area contributed by atoms with Gasteiger partial charge < -0.3 is 20.4 Å². The molecule has 6 nitrogen and oxygen atoms in total. The molecule has 2 amide bonds. The first kappa shape index (κ1) is 18.6. The van der Waals surface area contributed by atoms with E-state index < -0.39 is 11.9 Å². The van der Waals surface area contributed by atoms with Crippen molar-refractivity contribution in [1.29, 1.82) is 0 Å². The Morgan fingerprint density at radius 2 is 1.92 bits per heavy atom. The highest BCUT2D eigenvalue weighted by Gasteiger charge is 2.37. The largest absolute Gasteiger partial charge is 0.368 e. The maximum Gasteiger partial charge on any atom is 0.255 e. The molecule has 1 atom stereocenters. The summed E-state index contributed by atoms with van der Waals surface area (Å²) in [6.07, 6.45) is 1.21. The lowest BCUT2D eigenvalue weighted by Gasteiger charge is -2.35. The fraction of sp³-hybridized carbons (Fsp3) is 0.579. The average Bonchev–Trinajstić information content (AvgIpc) is 2.97. The van der Waals surface area contributed by atoms with Crippen molar-refractivity contribution in [2.24, 2.45) is 5.73 Å². The predicted octanol–water partition coefficient (Wildman–Crippen LogP) is 1.58. The summed E-state index contributed by atoms with van der Waals surface area (Å²) in [5, 5.41) is 0. The Balaban J connectivity index is 1.84. The van der Waals surface area contributed by atoms with Gasteiger partial charge in [-0.1, -0.05) is 20.3 Å². The van der Waals surface area contributed by atoms with Crippen LogP contribution in [0.25, 0.3) is 0 Å². The van der Waals surface area contributed by atoms with Gasteiger partial charge >= 0.3 is 0 Å². The maximum atomic E-state index is 15.2. The zero-order valence-electron chi connectivity index (χ0n) is 15.5. The number of primary amides is 1. The van der Waals surface area contributed by atoms with E-state index in [2.05, 4.69) is 11.8 Å². The summed E-state index contributed by atoms with van der Waals surface area (Å²) in [7, 11) is 0. The molecule has 2 aliphatic rings. The van der Waals surface area contributed by atoms with Crippen LogP contribution in [0.2, 0.25) is 0 Å². The van der Waals surface area contributed by atoms with Crippen LogP contribution in [-0.2, 0) is 11.3 Å². The molecule has 7 heteroatoms. The van der Waals surface area contributed by atoms with Gasteiger partial charge in [0, 0.05) is 37.3 Å². The summed E-state index contributed by atoms with van der Waals surface area (Å²) in [6.45, 7) is 8.49. The zero-order chi connectivity index (χ0) is 18.8. The molecule has 1 fully saturated rings. The molecular weight excluding hydrogens is 335 g/mol. The van der Waals surface area contributed by atoms with Gasteiger partial charge in [0.05, 0.1) is 12.2 Å². The first-order chi connectivity index (χ1) is 12.5. The molecular formula is C19H27FN4O2. The Morgan fingerprint density at radius 1 is 1.23 bits per heavy atom. The van der Waals surface area contributed by atoms with Crippen molar-refractivity contribution in [2.45, 2.75) is 39.3 Å². The number of nitrogens with two attached hydrogens (primary N) is 1. The van der Waals surface area contributed by atoms with E-state index in [9.17, 15) is 9.59 Å². The minimum Gasteiger partial charge on any atom is -0.368 e. The van der Waals surface area contributed by atoms with E-state index in [0.29, 0.717) is 23.2 Å². The molecule has 1 saturated heterocycles. The van der Waals surface area contributed by atoms with Gasteiger partial charge in [0.15, 0.2) is 5.82 Å². The molecule has 142 valence electrons. The molecule has 0 aliphatic carbocycles. The normalized spacial score (nSPS) is 19.0. The quantitative estimate of drug-likeness (QED) is 0.834. The Morgan fingerprint density at radius 3 is 2.50 bits per heavy atom. The second-order valence-corrected chi connectivity index (χ2v) is 6.99. The van der Waals surface area contributed by atoms with E-state index in [4.69, 9.17) is 5.73 Å². The number of benzene rings is 1. The van der Waals surface area contributed by atoms with Crippen LogP contribution >= 0.6 is 0 Å². The van der Waals surface area contributed by atoms with Gasteiger partial charge in [-0.3, -0.25) is 9.59 Å². The molecule has 0 saturated carbocycles. The van der Waals surface area contributed by atoms with Gasteiger partial charge in [0.2, 0.25) is 5.91 Å². The molecule has 1 unspecified atom stereocenters. The fourth-order valence-corrected chi connectivity index (χ4v) is 3.89. The van der Waals surface area contributed by atoms with Crippen molar-refractivity contribution < 1.29 is 14.0 Å². The maximum absolute atomic E-state index is 15.2. The van der Waals surface area contributed by atoms with Crippen molar-refractivity contribution in [3.63, 3.8) is 0 Å². The Kier molecular flexibility index (Phi) is 5.46. The highest BCUT2D eigenvalue weighted by molar-refractivity contribution is 6.01. The van der Waals surface area contributed by atoms with Crippen LogP contribution in [0.5, 0.6) is 0 Å². The number of fused-ring (bicyclic) bond motifs is 1. The molecule has 1 aromatic carbocycles. The lowest BCUT2D eigenvalue weighted by Crippen LogP contribution is -2.46. The molecule has 2 heterocycles. The summed E-state index contributed by atoms with van der Waals surface area (Å²) in [5.41, 5.74) is 6.74. The van der Waals surface area contributed by atoms with Crippen LogP contribution in [0, 0.1) is 5.82 Å². The minimum absolute atomic E-state index is 0.108. The molecule has 0 aromatic heterocycles. The number of hydrogen-bond donors (Lipinski definition) is 1. The molecule has 1 aromatic rings. The third-order valence-electron chi connectivity index (χ3n) is 5.47. The summed E-state index contributed by atoms with van der Waals surface area (Å²) in [6, 6.07) is 2.69. The number of piperazine rings is 1. The molecule has 3 rings (SSSR count). The Hall–Kier alpha value is -2.15. The number of nitrogens with zero attached hydrogens (tertiary/aromatic N) is 3. The molecule has 2 N–H and O–H groups in total. The van der Waals surface area contributed by atoms with E-state index in [-0.39, 0.29) is 18.3 Å². The third-order valence-corrected chi connectivity index (χ3v) is 5.47. The summed E-state index contributed by atoms with van der Waals surface area (Å²) >= 11 is 0. The highest BCUT2D eigenvalue weighted by atomic mass is 19.1. The number of amides is 2. The number of halogens is 1. The number of carbonyl (C=O) groups is 2. The summed E-state index contributed by atoms with van der Waals surface area (Å²) in [5.74, 6) is -1.19.